The number of benzene rings is 1. The van der Waals surface area contributed by atoms with Crippen LogP contribution in [-0.2, 0) is 5.88 Å². The van der Waals surface area contributed by atoms with Crippen LogP contribution in [0.3, 0.4) is 0 Å². The van der Waals surface area contributed by atoms with Crippen LogP contribution >= 0.6 is 11.6 Å². The number of fused-ring (bicyclic) bond motifs is 1. The molecule has 2 aromatic rings. The Hall–Kier alpha value is -1.02. The second-order valence-electron chi connectivity index (χ2n) is 6.89. The molecule has 1 heterocycles. The van der Waals surface area contributed by atoms with Crippen LogP contribution in [0.25, 0.3) is 11.0 Å². The van der Waals surface area contributed by atoms with E-state index in [1.807, 2.05) is 0 Å². The van der Waals surface area contributed by atoms with Gasteiger partial charge in [0.25, 0.3) is 0 Å². The number of aromatic nitrogens is 2. The summed E-state index contributed by atoms with van der Waals surface area (Å²) in [5.41, 5.74) is 4.09. The van der Waals surface area contributed by atoms with Crippen molar-refractivity contribution in [1.29, 1.82) is 0 Å². The van der Waals surface area contributed by atoms with E-state index in [-0.39, 0.29) is 0 Å². The van der Waals surface area contributed by atoms with Gasteiger partial charge in [0, 0.05) is 6.04 Å². The molecule has 3 rings (SSSR count). The normalized spacial score (nSPS) is 22.3. The predicted molar refractivity (Wildman–Crippen MR) is 85.3 cm³/mol. The average molecular weight is 291 g/mol. The maximum Gasteiger partial charge on any atom is 0.125 e. The van der Waals surface area contributed by atoms with E-state index in [0.717, 1.165) is 11.3 Å². The van der Waals surface area contributed by atoms with Gasteiger partial charge in [-0.15, -0.1) is 11.6 Å². The molecule has 1 aliphatic rings. The molecule has 1 fully saturated rings. The van der Waals surface area contributed by atoms with E-state index in [1.165, 1.54) is 36.8 Å². The van der Waals surface area contributed by atoms with Crippen molar-refractivity contribution in [2.24, 2.45) is 5.41 Å². The lowest BCUT2D eigenvalue weighted by Gasteiger charge is -2.36. The molecule has 1 atom stereocenters. The third kappa shape index (κ3) is 2.35. The highest BCUT2D eigenvalue weighted by atomic mass is 35.5. The van der Waals surface area contributed by atoms with Crippen LogP contribution in [0.15, 0.2) is 18.2 Å². The molecule has 0 saturated heterocycles. The van der Waals surface area contributed by atoms with Crippen molar-refractivity contribution in [3.8, 4) is 0 Å². The van der Waals surface area contributed by atoms with Gasteiger partial charge in [-0.25, -0.2) is 4.98 Å². The lowest BCUT2D eigenvalue weighted by Crippen LogP contribution is -2.26. The Balaban J connectivity index is 2.14. The van der Waals surface area contributed by atoms with Crippen molar-refractivity contribution in [2.45, 2.75) is 58.4 Å². The summed E-state index contributed by atoms with van der Waals surface area (Å²) in [7, 11) is 0. The molecule has 108 valence electrons. The standard InChI is InChI=1S/C17H23ClN2/c1-12-6-4-8-14-16(12)20(15(11-18)19-14)13-7-5-9-17(2,3)10-13/h4,6,8,13H,5,7,9-11H2,1-3H3. The van der Waals surface area contributed by atoms with Crippen LogP contribution in [0, 0.1) is 12.3 Å². The van der Waals surface area contributed by atoms with Gasteiger partial charge in [0.05, 0.1) is 16.9 Å². The molecule has 1 unspecified atom stereocenters. The van der Waals surface area contributed by atoms with Crippen molar-refractivity contribution in [3.05, 3.63) is 29.6 Å². The summed E-state index contributed by atoms with van der Waals surface area (Å²) in [6.07, 6.45) is 5.08. The molecule has 0 radical (unpaired) electrons. The molecule has 0 aliphatic heterocycles. The highest BCUT2D eigenvalue weighted by Gasteiger charge is 2.31. The molecule has 0 N–H and O–H groups in total. The quantitative estimate of drug-likeness (QED) is 0.693. The first-order chi connectivity index (χ1) is 9.52. The number of alkyl halides is 1. The Morgan fingerprint density at radius 1 is 1.40 bits per heavy atom. The molecular formula is C17H23ClN2. The first kappa shape index (κ1) is 13.9. The lowest BCUT2D eigenvalue weighted by molar-refractivity contribution is 0.184. The maximum absolute atomic E-state index is 6.16. The van der Waals surface area contributed by atoms with E-state index in [0.29, 0.717) is 17.3 Å². The number of halogens is 1. The number of para-hydroxylation sites is 1. The fourth-order valence-electron chi connectivity index (χ4n) is 3.74. The highest BCUT2D eigenvalue weighted by Crippen LogP contribution is 2.42. The first-order valence-electron chi connectivity index (χ1n) is 7.54. The zero-order valence-electron chi connectivity index (χ0n) is 12.6. The van der Waals surface area contributed by atoms with Crippen molar-refractivity contribution in [2.75, 3.05) is 0 Å². The van der Waals surface area contributed by atoms with Crippen molar-refractivity contribution in [3.63, 3.8) is 0 Å². The predicted octanol–water partition coefficient (Wildman–Crippen LogP) is 5.22. The summed E-state index contributed by atoms with van der Waals surface area (Å²) in [6.45, 7) is 6.93. The Morgan fingerprint density at radius 2 is 2.20 bits per heavy atom. The monoisotopic (exact) mass is 290 g/mol. The van der Waals surface area contributed by atoms with E-state index in [9.17, 15) is 0 Å². The van der Waals surface area contributed by atoms with Gasteiger partial charge in [-0.3, -0.25) is 0 Å². The van der Waals surface area contributed by atoms with E-state index >= 15 is 0 Å². The topological polar surface area (TPSA) is 17.8 Å². The summed E-state index contributed by atoms with van der Waals surface area (Å²) in [5.74, 6) is 1.52. The minimum absolute atomic E-state index is 0.422. The fraction of sp³-hybridized carbons (Fsp3) is 0.588. The summed E-state index contributed by atoms with van der Waals surface area (Å²) in [6, 6.07) is 6.89. The third-order valence-electron chi connectivity index (χ3n) is 4.65. The molecule has 1 aromatic carbocycles. The molecular weight excluding hydrogens is 268 g/mol. The van der Waals surface area contributed by atoms with Gasteiger partial charge in [0.2, 0.25) is 0 Å². The van der Waals surface area contributed by atoms with E-state index < -0.39 is 0 Å². The summed E-state index contributed by atoms with van der Waals surface area (Å²) >= 11 is 6.16. The lowest BCUT2D eigenvalue weighted by atomic mass is 9.75. The molecule has 0 bridgehead atoms. The Kier molecular flexibility index (Phi) is 3.53. The van der Waals surface area contributed by atoms with Crippen LogP contribution in [0.1, 0.15) is 57.0 Å². The molecule has 0 spiro atoms. The number of nitrogens with zero attached hydrogens (tertiary/aromatic N) is 2. The molecule has 0 amide bonds. The SMILES string of the molecule is Cc1cccc2nc(CCl)n(C3CCCC(C)(C)C3)c12. The smallest absolute Gasteiger partial charge is 0.125 e. The Morgan fingerprint density at radius 3 is 2.90 bits per heavy atom. The van der Waals surface area contributed by atoms with Gasteiger partial charge >= 0.3 is 0 Å². The minimum Gasteiger partial charge on any atom is -0.324 e. The van der Waals surface area contributed by atoms with Gasteiger partial charge in [-0.2, -0.15) is 0 Å². The van der Waals surface area contributed by atoms with Crippen LogP contribution in [0.4, 0.5) is 0 Å². The molecule has 2 nitrogen and oxygen atoms in total. The molecule has 1 aliphatic carbocycles. The van der Waals surface area contributed by atoms with Gasteiger partial charge < -0.3 is 4.57 Å². The Bertz CT molecular complexity index is 627. The zero-order valence-corrected chi connectivity index (χ0v) is 13.4. The second-order valence-corrected chi connectivity index (χ2v) is 7.16. The molecule has 3 heteroatoms. The third-order valence-corrected chi connectivity index (χ3v) is 4.89. The van der Waals surface area contributed by atoms with Gasteiger partial charge in [-0.05, 0) is 43.2 Å². The summed E-state index contributed by atoms with van der Waals surface area (Å²) < 4.78 is 2.43. The molecule has 1 saturated carbocycles. The first-order valence-corrected chi connectivity index (χ1v) is 8.08. The van der Waals surface area contributed by atoms with Gasteiger partial charge in [0.15, 0.2) is 0 Å². The maximum atomic E-state index is 6.16. The number of hydrogen-bond donors (Lipinski definition) is 0. The zero-order chi connectivity index (χ0) is 14.3. The largest absolute Gasteiger partial charge is 0.324 e. The van der Waals surface area contributed by atoms with E-state index in [4.69, 9.17) is 16.6 Å². The van der Waals surface area contributed by atoms with Gasteiger partial charge in [-0.1, -0.05) is 32.4 Å². The number of rotatable bonds is 2. The number of imidazole rings is 1. The van der Waals surface area contributed by atoms with Crippen LogP contribution < -0.4 is 0 Å². The summed E-state index contributed by atoms with van der Waals surface area (Å²) in [5, 5.41) is 0. The Labute approximate surface area is 126 Å². The minimum atomic E-state index is 0.422. The van der Waals surface area contributed by atoms with E-state index in [1.54, 1.807) is 0 Å². The van der Waals surface area contributed by atoms with Gasteiger partial charge in [0.1, 0.15) is 5.82 Å². The second kappa shape index (κ2) is 5.07. The number of hydrogen-bond acceptors (Lipinski definition) is 1. The molecule has 20 heavy (non-hydrogen) atoms. The fourth-order valence-corrected chi connectivity index (χ4v) is 3.92. The van der Waals surface area contributed by atoms with Crippen LogP contribution in [-0.4, -0.2) is 9.55 Å². The van der Waals surface area contributed by atoms with Crippen LogP contribution in [0.5, 0.6) is 0 Å². The molecule has 1 aromatic heterocycles. The van der Waals surface area contributed by atoms with E-state index in [2.05, 4.69) is 43.5 Å². The number of aryl methyl sites for hydroxylation is 1. The summed E-state index contributed by atoms with van der Waals surface area (Å²) in [4.78, 5) is 4.75. The average Bonchev–Trinajstić information content (AvgIpc) is 2.77. The van der Waals surface area contributed by atoms with Crippen molar-refractivity contribution < 1.29 is 0 Å². The van der Waals surface area contributed by atoms with Crippen LogP contribution in [0.2, 0.25) is 0 Å². The highest BCUT2D eigenvalue weighted by molar-refractivity contribution is 6.16. The van der Waals surface area contributed by atoms with Crippen molar-refractivity contribution in [1.82, 2.24) is 9.55 Å². The van der Waals surface area contributed by atoms with Crippen molar-refractivity contribution >= 4 is 22.6 Å².